The molecular weight excluding hydrogens is 442 g/mol. The molecule has 0 radical (unpaired) electrons. The van der Waals surface area contributed by atoms with Crippen molar-refractivity contribution >= 4 is 34.8 Å². The molecule has 0 rings (SSSR count). The number of ether oxygens (including phenoxy) is 2. The Morgan fingerprint density at radius 1 is 0.679 bits per heavy atom. The molecule has 0 saturated heterocycles. The normalized spacial score (nSPS) is 9.86. The molecule has 0 bridgehead atoms. The van der Waals surface area contributed by atoms with Gasteiger partial charge in [-0.2, -0.15) is 0 Å². The van der Waals surface area contributed by atoms with Gasteiger partial charge in [0.1, 0.15) is 0 Å². The van der Waals surface area contributed by atoms with Gasteiger partial charge in [-0.05, 0) is 44.7 Å². The molecule has 0 aromatic carbocycles. The average Bonchev–Trinajstić information content (AvgIpc) is 2.57. The van der Waals surface area contributed by atoms with Gasteiger partial charge in [-0.3, -0.25) is 0 Å². The smallest absolute Gasteiger partial charge is 0.254 e. The van der Waals surface area contributed by atoms with E-state index in [2.05, 4.69) is 31.4 Å². The largest absolute Gasteiger partial charge is 0.471 e. The van der Waals surface area contributed by atoms with E-state index in [1.807, 2.05) is 13.8 Å². The summed E-state index contributed by atoms with van der Waals surface area (Å²) in [6, 6.07) is 0. The third-order valence-electron chi connectivity index (χ3n) is 4.09. The Balaban J connectivity index is -0.000000665. The van der Waals surface area contributed by atoms with Crippen LogP contribution in [-0.4, -0.2) is 23.1 Å². The summed E-state index contributed by atoms with van der Waals surface area (Å²) >= 11 is 9.08. The van der Waals surface area contributed by atoms with Crippen molar-refractivity contribution < 1.29 is 29.0 Å². The fourth-order valence-corrected chi connectivity index (χ4v) is 2.98. The molecule has 4 nitrogen and oxygen atoms in total. The first kappa shape index (κ1) is 32.7. The minimum atomic E-state index is 0. The van der Waals surface area contributed by atoms with Crippen molar-refractivity contribution in [2.24, 2.45) is 11.5 Å². The number of thiocarbonyl (C=S) groups is 2. The van der Waals surface area contributed by atoms with Gasteiger partial charge in [0.25, 0.3) is 10.3 Å². The molecule has 0 heterocycles. The van der Waals surface area contributed by atoms with Crippen molar-refractivity contribution in [2.45, 2.75) is 117 Å². The van der Waals surface area contributed by atoms with Crippen LogP contribution in [0, 0.1) is 0 Å². The fourth-order valence-electron chi connectivity index (χ4n) is 2.70. The Morgan fingerprint density at radius 3 is 1.29 bits per heavy atom. The van der Waals surface area contributed by atoms with Crippen LogP contribution in [0.3, 0.4) is 0 Å². The van der Waals surface area contributed by atoms with Crippen LogP contribution in [0.25, 0.3) is 0 Å². The van der Waals surface area contributed by atoms with Gasteiger partial charge < -0.3 is 20.9 Å². The molecule has 0 aromatic heterocycles. The quantitative estimate of drug-likeness (QED) is 0.150. The fraction of sp³-hybridized carbons (Fsp3) is 0.905. The van der Waals surface area contributed by atoms with E-state index in [-0.39, 0.29) is 35.9 Å². The molecule has 4 N–H and O–H groups in total. The maximum Gasteiger partial charge on any atom is 0.254 e. The number of hydrogen-bond donors (Lipinski definition) is 2. The molecule has 0 aromatic rings. The van der Waals surface area contributed by atoms with Crippen LogP contribution in [0.2, 0.25) is 0 Å². The topological polar surface area (TPSA) is 70.5 Å². The van der Waals surface area contributed by atoms with E-state index in [0.717, 1.165) is 6.42 Å². The second-order valence-corrected chi connectivity index (χ2v) is 8.05. The molecule has 0 aliphatic heterocycles. The Hall–Kier alpha value is 0.00338. The number of hydrogen-bond acceptors (Lipinski definition) is 4. The molecule has 28 heavy (non-hydrogen) atoms. The zero-order valence-electron chi connectivity index (χ0n) is 18.7. The van der Waals surface area contributed by atoms with Crippen molar-refractivity contribution in [3.05, 3.63) is 0 Å². The van der Waals surface area contributed by atoms with Crippen LogP contribution < -0.4 is 11.5 Å². The third kappa shape index (κ3) is 36.9. The van der Waals surface area contributed by atoms with Crippen LogP contribution in [0.15, 0.2) is 0 Å². The van der Waals surface area contributed by atoms with Gasteiger partial charge in [-0.1, -0.05) is 90.4 Å². The molecule has 164 valence electrons. The second kappa shape index (κ2) is 27.0. The van der Waals surface area contributed by atoms with E-state index in [1.165, 1.54) is 83.5 Å². The van der Waals surface area contributed by atoms with Crippen LogP contribution in [0.5, 0.6) is 0 Å². The second-order valence-electron chi connectivity index (χ2n) is 7.25. The summed E-state index contributed by atoms with van der Waals surface area (Å²) in [5.41, 5.74) is 10.3. The zero-order chi connectivity index (χ0) is 20.8. The van der Waals surface area contributed by atoms with Gasteiger partial charge in [-0.25, -0.2) is 0 Å². The predicted molar refractivity (Wildman–Crippen MR) is 126 cm³/mol. The molecular formula is C21H44N2O2S2Zn. The van der Waals surface area contributed by atoms with Gasteiger partial charge in [0.2, 0.25) is 0 Å². The molecule has 0 spiro atoms. The van der Waals surface area contributed by atoms with Crippen LogP contribution >= 0.6 is 24.4 Å². The van der Waals surface area contributed by atoms with Crippen LogP contribution in [0.1, 0.15) is 111 Å². The predicted octanol–water partition coefficient (Wildman–Crippen LogP) is 6.38. The third-order valence-corrected chi connectivity index (χ3v) is 4.31. The summed E-state index contributed by atoms with van der Waals surface area (Å²) in [4.78, 5) is 0. The average molecular weight is 486 g/mol. The van der Waals surface area contributed by atoms with Crippen molar-refractivity contribution in [3.63, 3.8) is 0 Å². The van der Waals surface area contributed by atoms with Gasteiger partial charge in [0, 0.05) is 19.5 Å². The number of nitrogens with two attached hydrogens (primary N) is 2. The van der Waals surface area contributed by atoms with Gasteiger partial charge in [0.05, 0.1) is 12.7 Å². The summed E-state index contributed by atoms with van der Waals surface area (Å²) in [5.74, 6) is 0. The van der Waals surface area contributed by atoms with Gasteiger partial charge in [0.15, 0.2) is 0 Å². The van der Waals surface area contributed by atoms with Crippen molar-refractivity contribution in [1.82, 2.24) is 0 Å². The minimum absolute atomic E-state index is 0. The first-order valence-corrected chi connectivity index (χ1v) is 11.6. The van der Waals surface area contributed by atoms with Crippen molar-refractivity contribution in [1.29, 1.82) is 0 Å². The van der Waals surface area contributed by atoms with E-state index in [1.54, 1.807) is 0 Å². The Kier molecular flexibility index (Phi) is 31.5. The van der Waals surface area contributed by atoms with E-state index < -0.39 is 0 Å². The Bertz CT molecular complexity index is 346. The van der Waals surface area contributed by atoms with Crippen LogP contribution in [-0.2, 0) is 29.0 Å². The minimum Gasteiger partial charge on any atom is -0.471 e. The number of unbranched alkanes of at least 4 members (excludes halogenated alkanes) is 13. The summed E-state index contributed by atoms with van der Waals surface area (Å²) < 4.78 is 9.82. The maximum absolute atomic E-state index is 5.26. The van der Waals surface area contributed by atoms with E-state index in [9.17, 15) is 0 Å². The molecule has 0 aliphatic rings. The Morgan fingerprint density at radius 2 is 1.04 bits per heavy atom. The molecule has 0 fully saturated rings. The summed E-state index contributed by atoms with van der Waals surface area (Å²) in [5, 5.41) is 0.301. The van der Waals surface area contributed by atoms with E-state index in [4.69, 9.17) is 20.9 Å². The first-order chi connectivity index (χ1) is 12.9. The van der Waals surface area contributed by atoms with E-state index >= 15 is 0 Å². The van der Waals surface area contributed by atoms with Crippen LogP contribution in [0.4, 0.5) is 0 Å². The van der Waals surface area contributed by atoms with Crippen molar-refractivity contribution in [2.75, 3.05) is 6.61 Å². The van der Waals surface area contributed by atoms with Gasteiger partial charge >= 0.3 is 0 Å². The molecule has 0 aliphatic carbocycles. The van der Waals surface area contributed by atoms with E-state index in [0.29, 0.717) is 6.61 Å². The molecule has 0 unspecified atom stereocenters. The molecule has 7 heteroatoms. The maximum atomic E-state index is 5.26. The summed E-state index contributed by atoms with van der Waals surface area (Å²) in [6.45, 7) is 6.71. The molecule has 0 atom stereocenters. The Labute approximate surface area is 198 Å². The van der Waals surface area contributed by atoms with Gasteiger partial charge in [-0.15, -0.1) is 0 Å². The molecule has 0 amide bonds. The first-order valence-electron chi connectivity index (χ1n) is 10.8. The standard InChI is InChI=1S/C17H35NOS.C4H9NOS.Zn/c1-2-3-4-5-6-7-8-9-10-11-12-13-14-15-16-19-17(18)20;1-3(2)6-4(5)7;/h2-16H2,1H3,(H2,18,20);3H,1-2H3,(H2,5,7);. The summed E-state index contributed by atoms with van der Waals surface area (Å²) in [7, 11) is 0. The van der Waals surface area contributed by atoms with Crippen molar-refractivity contribution in [3.8, 4) is 0 Å². The monoisotopic (exact) mass is 484 g/mol. The summed E-state index contributed by atoms with van der Waals surface area (Å²) in [6.07, 6.45) is 19.3. The molecule has 0 saturated carbocycles. The zero-order valence-corrected chi connectivity index (χ0v) is 23.3. The number of rotatable bonds is 16. The SMILES string of the molecule is CC(C)OC(N)=S.CCCCCCCCCCCCCCCCOC(N)=S.[Zn].